The molecule has 1 saturated heterocycles. The lowest BCUT2D eigenvalue weighted by Crippen LogP contribution is -2.41. The Labute approximate surface area is 182 Å². The van der Waals surface area contributed by atoms with Gasteiger partial charge in [-0.3, -0.25) is 0 Å². The maximum Gasteiger partial charge on any atom is 0.415 e. The van der Waals surface area contributed by atoms with Gasteiger partial charge in [-0.2, -0.15) is 11.8 Å². The number of ether oxygens (including phenoxy) is 1. The predicted octanol–water partition coefficient (Wildman–Crippen LogP) is 5.66. The summed E-state index contributed by atoms with van der Waals surface area (Å²) in [5, 5.41) is 0. The minimum absolute atomic E-state index is 0.245. The van der Waals surface area contributed by atoms with Gasteiger partial charge in [0.25, 0.3) is 0 Å². The lowest BCUT2D eigenvalue weighted by molar-refractivity contribution is 0.123. The number of halogens is 1. The highest BCUT2D eigenvalue weighted by Crippen LogP contribution is 2.31. The van der Waals surface area contributed by atoms with Crippen LogP contribution in [-0.4, -0.2) is 60.1 Å². The number of unbranched alkanes of at least 4 members (excludes halogenated alkanes) is 1. The molecule has 6 heteroatoms. The predicted molar refractivity (Wildman–Crippen MR) is 121 cm³/mol. The molecule has 0 aromatic heterocycles. The summed E-state index contributed by atoms with van der Waals surface area (Å²) in [6.07, 6.45) is 8.46. The molecule has 0 radical (unpaired) electrons. The number of thioether (sulfide) groups is 1. The highest BCUT2D eigenvalue weighted by atomic mass is 79.9. The van der Waals surface area contributed by atoms with Crippen molar-refractivity contribution in [1.82, 2.24) is 9.80 Å². The van der Waals surface area contributed by atoms with E-state index in [1.807, 2.05) is 31.3 Å². The van der Waals surface area contributed by atoms with Gasteiger partial charge < -0.3 is 14.5 Å². The van der Waals surface area contributed by atoms with Gasteiger partial charge in [0.15, 0.2) is 0 Å². The van der Waals surface area contributed by atoms with Gasteiger partial charge in [0.1, 0.15) is 5.75 Å². The summed E-state index contributed by atoms with van der Waals surface area (Å²) in [7, 11) is 1.88. The maximum absolute atomic E-state index is 12.4. The fraction of sp³-hybridized carbons (Fsp3) is 0.682. The molecule has 1 aromatic rings. The molecule has 0 N–H and O–H groups in total. The van der Waals surface area contributed by atoms with Gasteiger partial charge in [-0.1, -0.05) is 28.8 Å². The van der Waals surface area contributed by atoms with E-state index in [0.717, 1.165) is 23.2 Å². The van der Waals surface area contributed by atoms with E-state index >= 15 is 0 Å². The van der Waals surface area contributed by atoms with Crippen molar-refractivity contribution < 1.29 is 9.53 Å². The first kappa shape index (κ1) is 22.0. The van der Waals surface area contributed by atoms with Crippen molar-refractivity contribution in [1.29, 1.82) is 0 Å². The summed E-state index contributed by atoms with van der Waals surface area (Å²) in [6.45, 7) is 3.83. The van der Waals surface area contributed by atoms with E-state index in [1.165, 1.54) is 63.2 Å². The second-order valence-corrected chi connectivity index (χ2v) is 10.2. The zero-order chi connectivity index (χ0) is 19.8. The first-order chi connectivity index (χ1) is 13.6. The summed E-state index contributed by atoms with van der Waals surface area (Å²) in [5.41, 5.74) is 0. The standard InChI is InChI=1S/C22H33BrN2O2S/c1-24(22(26)27-21-11-7-19(23)8-12-21)20-9-5-18(6-10-20)4-2-3-13-25-14-16-28-17-15-25/h7-8,11-12,18,20H,2-6,9-10,13-17H2,1H3. The molecule has 156 valence electrons. The molecule has 1 saturated carbocycles. The lowest BCUT2D eigenvalue weighted by Gasteiger charge is -2.34. The van der Waals surface area contributed by atoms with Crippen LogP contribution in [0.3, 0.4) is 0 Å². The average Bonchev–Trinajstić information content (AvgIpc) is 2.73. The molecule has 0 bridgehead atoms. The largest absolute Gasteiger partial charge is 0.415 e. The molecular weight excluding hydrogens is 436 g/mol. The normalized spacial score (nSPS) is 23.4. The summed E-state index contributed by atoms with van der Waals surface area (Å²) >= 11 is 5.48. The number of carbonyl (C=O) groups is 1. The quantitative estimate of drug-likeness (QED) is 0.483. The van der Waals surface area contributed by atoms with Gasteiger partial charge in [-0.15, -0.1) is 0 Å². The molecule has 0 unspecified atom stereocenters. The third-order valence-corrected chi connectivity index (χ3v) is 7.58. The second kappa shape index (κ2) is 11.5. The lowest BCUT2D eigenvalue weighted by atomic mass is 9.82. The Morgan fingerprint density at radius 2 is 1.82 bits per heavy atom. The van der Waals surface area contributed by atoms with Crippen LogP contribution in [0, 0.1) is 5.92 Å². The van der Waals surface area contributed by atoms with E-state index in [2.05, 4.69) is 32.6 Å². The van der Waals surface area contributed by atoms with Crippen LogP contribution in [-0.2, 0) is 0 Å². The van der Waals surface area contributed by atoms with Gasteiger partial charge in [-0.25, -0.2) is 4.79 Å². The molecule has 1 aromatic carbocycles. The van der Waals surface area contributed by atoms with Crippen LogP contribution in [0.25, 0.3) is 0 Å². The van der Waals surface area contributed by atoms with E-state index in [0.29, 0.717) is 11.8 Å². The molecule has 4 nitrogen and oxygen atoms in total. The van der Waals surface area contributed by atoms with E-state index < -0.39 is 0 Å². The van der Waals surface area contributed by atoms with Crippen molar-refractivity contribution in [3.63, 3.8) is 0 Å². The SMILES string of the molecule is CN(C(=O)Oc1ccc(Br)cc1)C1CCC(CCCCN2CCSCC2)CC1. The van der Waals surface area contributed by atoms with E-state index in [1.54, 1.807) is 4.90 Å². The number of hydrogen-bond donors (Lipinski definition) is 0. The highest BCUT2D eigenvalue weighted by molar-refractivity contribution is 9.10. The monoisotopic (exact) mass is 468 g/mol. The molecular formula is C22H33BrN2O2S. The van der Waals surface area contributed by atoms with E-state index in [9.17, 15) is 4.79 Å². The summed E-state index contributed by atoms with van der Waals surface area (Å²) in [4.78, 5) is 16.8. The van der Waals surface area contributed by atoms with Crippen LogP contribution in [0.2, 0.25) is 0 Å². The number of hydrogen-bond acceptors (Lipinski definition) is 4. The third-order valence-electron chi connectivity index (χ3n) is 6.11. The Balaban J connectivity index is 1.31. The molecule has 1 amide bonds. The fourth-order valence-corrected chi connectivity index (χ4v) is 5.48. The van der Waals surface area contributed by atoms with Crippen molar-refractivity contribution in [2.75, 3.05) is 38.2 Å². The van der Waals surface area contributed by atoms with Gasteiger partial charge in [-0.05, 0) is 68.8 Å². The first-order valence-electron chi connectivity index (χ1n) is 10.6. The summed E-state index contributed by atoms with van der Waals surface area (Å²) in [5.74, 6) is 4.05. The van der Waals surface area contributed by atoms with Crippen molar-refractivity contribution in [2.45, 2.75) is 51.0 Å². The minimum Gasteiger partial charge on any atom is -0.410 e. The summed E-state index contributed by atoms with van der Waals surface area (Å²) < 4.78 is 6.49. The van der Waals surface area contributed by atoms with Crippen LogP contribution >= 0.6 is 27.7 Å². The van der Waals surface area contributed by atoms with Crippen molar-refractivity contribution in [3.05, 3.63) is 28.7 Å². The topological polar surface area (TPSA) is 32.8 Å². The molecule has 0 spiro atoms. The van der Waals surface area contributed by atoms with E-state index in [-0.39, 0.29) is 6.09 Å². The van der Waals surface area contributed by atoms with Crippen LogP contribution in [0.4, 0.5) is 4.79 Å². The van der Waals surface area contributed by atoms with Gasteiger partial charge in [0.05, 0.1) is 0 Å². The molecule has 2 fully saturated rings. The number of amides is 1. The Bertz CT molecular complexity index is 599. The van der Waals surface area contributed by atoms with Crippen molar-refractivity contribution >= 4 is 33.8 Å². The minimum atomic E-state index is -0.245. The molecule has 0 atom stereocenters. The summed E-state index contributed by atoms with van der Waals surface area (Å²) in [6, 6.07) is 7.71. The number of carbonyl (C=O) groups excluding carboxylic acids is 1. The number of rotatable bonds is 7. The van der Waals surface area contributed by atoms with E-state index in [4.69, 9.17) is 4.74 Å². The Morgan fingerprint density at radius 3 is 2.50 bits per heavy atom. The zero-order valence-corrected chi connectivity index (χ0v) is 19.3. The van der Waals surface area contributed by atoms with Crippen LogP contribution in [0.15, 0.2) is 28.7 Å². The Kier molecular flexibility index (Phi) is 9.00. The first-order valence-corrected chi connectivity index (χ1v) is 12.6. The molecule has 1 aliphatic carbocycles. The van der Waals surface area contributed by atoms with Gasteiger partial charge >= 0.3 is 6.09 Å². The average molecular weight is 469 g/mol. The Hall–Kier alpha value is -0.720. The van der Waals surface area contributed by atoms with Crippen LogP contribution in [0.5, 0.6) is 5.75 Å². The second-order valence-electron chi connectivity index (χ2n) is 8.06. The number of benzene rings is 1. The van der Waals surface area contributed by atoms with Gasteiger partial charge in [0, 0.05) is 42.2 Å². The molecule has 28 heavy (non-hydrogen) atoms. The fourth-order valence-electron chi connectivity index (χ4n) is 4.24. The molecule has 1 heterocycles. The van der Waals surface area contributed by atoms with Crippen molar-refractivity contribution in [3.8, 4) is 5.75 Å². The smallest absolute Gasteiger partial charge is 0.410 e. The molecule has 2 aliphatic rings. The Morgan fingerprint density at radius 1 is 1.14 bits per heavy atom. The van der Waals surface area contributed by atoms with Crippen LogP contribution < -0.4 is 4.74 Å². The van der Waals surface area contributed by atoms with Crippen LogP contribution in [0.1, 0.15) is 44.9 Å². The van der Waals surface area contributed by atoms with Crippen molar-refractivity contribution in [2.24, 2.45) is 5.92 Å². The molecule has 1 aliphatic heterocycles. The maximum atomic E-state index is 12.4. The van der Waals surface area contributed by atoms with Gasteiger partial charge in [0.2, 0.25) is 0 Å². The third kappa shape index (κ3) is 6.96. The number of nitrogens with zero attached hydrogens (tertiary/aromatic N) is 2. The zero-order valence-electron chi connectivity index (χ0n) is 16.9. The molecule has 3 rings (SSSR count). The highest BCUT2D eigenvalue weighted by Gasteiger charge is 2.27.